The van der Waals surface area contributed by atoms with Gasteiger partial charge in [0.15, 0.2) is 4.77 Å². The molecule has 2 N–H and O–H groups in total. The second kappa shape index (κ2) is 5.52. The van der Waals surface area contributed by atoms with Crippen LogP contribution in [-0.4, -0.2) is 21.5 Å². The standard InChI is InChI=1S/C20H25N3O2S/c1-19(2)12-7-8-20(19,3)15(10-12)22-16(24)11-5-6-13-14(9-11)21-18(26)23(4)17(13)25/h5-6,9,12,15H,7-8,10H2,1-4H3,(H,21,26)(H,22,24)/t12-,15-,20-/m1/s1. The highest BCUT2D eigenvalue weighted by molar-refractivity contribution is 7.71. The van der Waals surface area contributed by atoms with Gasteiger partial charge in [0.05, 0.1) is 10.9 Å². The molecule has 2 aliphatic rings. The molecular weight excluding hydrogens is 346 g/mol. The fraction of sp³-hybridized carbons (Fsp3) is 0.550. The number of fused-ring (bicyclic) bond motifs is 3. The van der Waals surface area contributed by atoms with E-state index in [9.17, 15) is 9.59 Å². The van der Waals surface area contributed by atoms with Crippen molar-refractivity contribution in [2.75, 3.05) is 0 Å². The zero-order valence-electron chi connectivity index (χ0n) is 15.7. The van der Waals surface area contributed by atoms with Crippen LogP contribution in [0.15, 0.2) is 23.0 Å². The van der Waals surface area contributed by atoms with Crippen molar-refractivity contribution < 1.29 is 4.79 Å². The van der Waals surface area contributed by atoms with E-state index in [0.717, 1.165) is 12.8 Å². The molecule has 5 nitrogen and oxygen atoms in total. The normalized spacial score (nSPS) is 29.2. The molecular formula is C20H25N3O2S. The minimum Gasteiger partial charge on any atom is -0.349 e. The third kappa shape index (κ3) is 2.24. The van der Waals surface area contributed by atoms with Crippen molar-refractivity contribution in [2.45, 2.75) is 46.1 Å². The van der Waals surface area contributed by atoms with Gasteiger partial charge < -0.3 is 10.3 Å². The van der Waals surface area contributed by atoms with E-state index in [-0.39, 0.29) is 28.3 Å². The van der Waals surface area contributed by atoms with E-state index in [1.807, 2.05) is 0 Å². The molecule has 1 aromatic carbocycles. The molecule has 0 spiro atoms. The predicted molar refractivity (Wildman–Crippen MR) is 105 cm³/mol. The lowest BCUT2D eigenvalue weighted by atomic mass is 9.69. The lowest BCUT2D eigenvalue weighted by molar-refractivity contribution is 0.0826. The molecule has 2 fully saturated rings. The summed E-state index contributed by atoms with van der Waals surface area (Å²) in [5, 5.41) is 3.80. The number of aromatic nitrogens is 2. The quantitative estimate of drug-likeness (QED) is 0.794. The average molecular weight is 372 g/mol. The molecule has 0 saturated heterocycles. The number of amides is 1. The van der Waals surface area contributed by atoms with Crippen LogP contribution in [0, 0.1) is 21.5 Å². The largest absolute Gasteiger partial charge is 0.349 e. The molecule has 1 heterocycles. The summed E-state index contributed by atoms with van der Waals surface area (Å²) in [6, 6.07) is 5.34. The third-order valence-corrected chi connectivity index (χ3v) is 7.84. The number of aromatic amines is 1. The van der Waals surface area contributed by atoms with E-state index in [1.54, 1.807) is 25.2 Å². The molecule has 2 aromatic rings. The molecule has 4 rings (SSSR count). The van der Waals surface area contributed by atoms with Crippen molar-refractivity contribution in [1.29, 1.82) is 0 Å². The number of nitrogens with zero attached hydrogens (tertiary/aromatic N) is 1. The minimum absolute atomic E-state index is 0.0820. The maximum atomic E-state index is 12.9. The molecule has 2 aliphatic carbocycles. The van der Waals surface area contributed by atoms with Gasteiger partial charge in [0.25, 0.3) is 11.5 Å². The fourth-order valence-electron chi connectivity index (χ4n) is 5.11. The Morgan fingerprint density at radius 1 is 1.35 bits per heavy atom. The molecule has 3 atom stereocenters. The zero-order chi connectivity index (χ0) is 18.9. The fourth-order valence-corrected chi connectivity index (χ4v) is 5.30. The summed E-state index contributed by atoms with van der Waals surface area (Å²) in [5.41, 5.74) is 1.40. The summed E-state index contributed by atoms with van der Waals surface area (Å²) in [6.45, 7) is 6.98. The Bertz CT molecular complexity index is 1040. The van der Waals surface area contributed by atoms with Crippen LogP contribution in [0.1, 0.15) is 50.4 Å². The first kappa shape index (κ1) is 17.5. The number of H-pyrrole nitrogens is 1. The monoisotopic (exact) mass is 371 g/mol. The molecule has 0 aliphatic heterocycles. The van der Waals surface area contributed by atoms with Crippen molar-refractivity contribution >= 4 is 29.0 Å². The van der Waals surface area contributed by atoms with Crippen LogP contribution in [0.5, 0.6) is 0 Å². The second-order valence-electron chi connectivity index (χ2n) is 8.69. The van der Waals surface area contributed by atoms with Gasteiger partial charge in [-0.2, -0.15) is 0 Å². The van der Waals surface area contributed by atoms with Gasteiger partial charge in [-0.1, -0.05) is 20.8 Å². The highest BCUT2D eigenvalue weighted by Crippen LogP contribution is 2.65. The van der Waals surface area contributed by atoms with Gasteiger partial charge in [0.1, 0.15) is 0 Å². The molecule has 2 bridgehead atoms. The van der Waals surface area contributed by atoms with E-state index in [2.05, 4.69) is 31.1 Å². The number of carbonyl (C=O) groups is 1. The minimum atomic E-state index is -0.155. The van der Waals surface area contributed by atoms with Crippen molar-refractivity contribution in [3.63, 3.8) is 0 Å². The van der Waals surface area contributed by atoms with Crippen LogP contribution in [0.3, 0.4) is 0 Å². The first-order valence-corrected chi connectivity index (χ1v) is 9.60. The summed E-state index contributed by atoms with van der Waals surface area (Å²) < 4.78 is 1.75. The van der Waals surface area contributed by atoms with Crippen molar-refractivity contribution in [1.82, 2.24) is 14.9 Å². The van der Waals surface area contributed by atoms with Crippen molar-refractivity contribution in [3.8, 4) is 0 Å². The smallest absolute Gasteiger partial charge is 0.261 e. The van der Waals surface area contributed by atoms with E-state index in [1.165, 1.54) is 11.0 Å². The lowest BCUT2D eigenvalue weighted by Crippen LogP contribution is -2.46. The van der Waals surface area contributed by atoms with E-state index < -0.39 is 0 Å². The summed E-state index contributed by atoms with van der Waals surface area (Å²) >= 11 is 5.18. The van der Waals surface area contributed by atoms with Crippen LogP contribution in [-0.2, 0) is 7.05 Å². The third-order valence-electron chi connectivity index (χ3n) is 7.46. The number of hydrogen-bond acceptors (Lipinski definition) is 3. The number of hydrogen-bond donors (Lipinski definition) is 2. The second-order valence-corrected chi connectivity index (χ2v) is 9.08. The summed E-state index contributed by atoms with van der Waals surface area (Å²) in [4.78, 5) is 28.2. The molecule has 2 saturated carbocycles. The Balaban J connectivity index is 1.65. The van der Waals surface area contributed by atoms with Crippen LogP contribution in [0.25, 0.3) is 10.9 Å². The number of benzene rings is 1. The molecule has 138 valence electrons. The molecule has 1 aromatic heterocycles. The van der Waals surface area contributed by atoms with Gasteiger partial charge >= 0.3 is 0 Å². The predicted octanol–water partition coefficient (Wildman–Crippen LogP) is 3.54. The van der Waals surface area contributed by atoms with Gasteiger partial charge in [-0.05, 0) is 66.4 Å². The SMILES string of the molecule is Cn1c(=S)[nH]c2cc(C(=O)N[C@@H]3C[C@H]4CC[C@@]3(C)C4(C)C)ccc2c1=O. The number of rotatable bonds is 2. The van der Waals surface area contributed by atoms with E-state index in [4.69, 9.17) is 12.2 Å². The lowest BCUT2D eigenvalue weighted by Gasteiger charge is -2.39. The van der Waals surface area contributed by atoms with E-state index >= 15 is 0 Å². The molecule has 1 amide bonds. The van der Waals surface area contributed by atoms with Gasteiger partial charge in [-0.3, -0.25) is 14.2 Å². The maximum absolute atomic E-state index is 12.9. The van der Waals surface area contributed by atoms with Crippen LogP contribution >= 0.6 is 12.2 Å². The molecule has 0 unspecified atom stereocenters. The summed E-state index contributed by atoms with van der Waals surface area (Å²) in [6.07, 6.45) is 3.47. The highest BCUT2D eigenvalue weighted by Gasteiger charge is 2.61. The topological polar surface area (TPSA) is 66.9 Å². The van der Waals surface area contributed by atoms with Crippen LogP contribution in [0.2, 0.25) is 0 Å². The van der Waals surface area contributed by atoms with E-state index in [0.29, 0.717) is 27.2 Å². The first-order valence-electron chi connectivity index (χ1n) is 9.19. The molecule has 26 heavy (non-hydrogen) atoms. The Morgan fingerprint density at radius 3 is 2.69 bits per heavy atom. The van der Waals surface area contributed by atoms with Gasteiger partial charge in [-0.15, -0.1) is 0 Å². The summed E-state index contributed by atoms with van der Waals surface area (Å²) in [7, 11) is 1.64. The Morgan fingerprint density at radius 2 is 2.08 bits per heavy atom. The average Bonchev–Trinajstić information content (AvgIpc) is 2.92. The highest BCUT2D eigenvalue weighted by atomic mass is 32.1. The number of carbonyl (C=O) groups excluding carboxylic acids is 1. The molecule has 0 radical (unpaired) electrons. The summed E-state index contributed by atoms with van der Waals surface area (Å²) in [5.74, 6) is 0.593. The number of nitrogens with one attached hydrogen (secondary N) is 2. The zero-order valence-corrected chi connectivity index (χ0v) is 16.5. The van der Waals surface area contributed by atoms with Gasteiger partial charge in [0.2, 0.25) is 0 Å². The van der Waals surface area contributed by atoms with Crippen LogP contribution in [0.4, 0.5) is 0 Å². The van der Waals surface area contributed by atoms with Gasteiger partial charge in [-0.25, -0.2) is 0 Å². The Labute approximate surface area is 157 Å². The Hall–Kier alpha value is -1.95. The van der Waals surface area contributed by atoms with Crippen molar-refractivity contribution in [2.24, 2.45) is 23.8 Å². The Kier molecular flexibility index (Phi) is 3.71. The van der Waals surface area contributed by atoms with Gasteiger partial charge in [0, 0.05) is 18.7 Å². The van der Waals surface area contributed by atoms with Crippen LogP contribution < -0.4 is 10.9 Å². The molecule has 6 heteroatoms. The maximum Gasteiger partial charge on any atom is 0.261 e. The van der Waals surface area contributed by atoms with Crippen molar-refractivity contribution in [3.05, 3.63) is 38.9 Å². The first-order chi connectivity index (χ1) is 12.1.